The standard InChI is InChI=1S/C14H23N7/c1-19(8-12-7-16-20(2)9-12)10-13-11-21(18-17-13)14-3-5-15-6-4-14/h7,9,11,14-15H,3-6,8,10H2,1-2H3. The predicted molar refractivity (Wildman–Crippen MR) is 79.5 cm³/mol. The molecule has 0 radical (unpaired) electrons. The Morgan fingerprint density at radius 3 is 2.81 bits per heavy atom. The number of aryl methyl sites for hydroxylation is 1. The topological polar surface area (TPSA) is 63.8 Å². The van der Waals surface area contributed by atoms with Crippen LogP contribution in [0.5, 0.6) is 0 Å². The fourth-order valence-corrected chi connectivity index (χ4v) is 2.83. The van der Waals surface area contributed by atoms with E-state index in [9.17, 15) is 0 Å². The summed E-state index contributed by atoms with van der Waals surface area (Å²) >= 11 is 0. The molecule has 21 heavy (non-hydrogen) atoms. The van der Waals surface area contributed by atoms with Crippen molar-refractivity contribution < 1.29 is 0 Å². The lowest BCUT2D eigenvalue weighted by atomic mass is 10.1. The Morgan fingerprint density at radius 1 is 1.29 bits per heavy atom. The van der Waals surface area contributed by atoms with Gasteiger partial charge in [-0.25, -0.2) is 4.68 Å². The number of hydrogen-bond donors (Lipinski definition) is 1. The highest BCUT2D eigenvalue weighted by molar-refractivity contribution is 5.04. The lowest BCUT2D eigenvalue weighted by molar-refractivity contribution is 0.314. The van der Waals surface area contributed by atoms with Gasteiger partial charge < -0.3 is 5.32 Å². The van der Waals surface area contributed by atoms with Gasteiger partial charge in [-0.2, -0.15) is 5.10 Å². The van der Waals surface area contributed by atoms with Crippen LogP contribution in [0.4, 0.5) is 0 Å². The first-order valence-corrected chi connectivity index (χ1v) is 7.48. The zero-order valence-corrected chi connectivity index (χ0v) is 12.7. The van der Waals surface area contributed by atoms with Gasteiger partial charge in [0.1, 0.15) is 0 Å². The molecule has 2 aromatic heterocycles. The number of nitrogens with zero attached hydrogens (tertiary/aromatic N) is 6. The number of piperidine rings is 1. The van der Waals surface area contributed by atoms with Gasteiger partial charge in [0.05, 0.1) is 24.1 Å². The van der Waals surface area contributed by atoms with Gasteiger partial charge >= 0.3 is 0 Å². The van der Waals surface area contributed by atoms with E-state index in [2.05, 4.69) is 38.9 Å². The van der Waals surface area contributed by atoms with Crippen LogP contribution >= 0.6 is 0 Å². The smallest absolute Gasteiger partial charge is 0.0967 e. The maximum Gasteiger partial charge on any atom is 0.0967 e. The molecule has 0 aromatic carbocycles. The quantitative estimate of drug-likeness (QED) is 0.872. The molecular weight excluding hydrogens is 266 g/mol. The minimum absolute atomic E-state index is 0.496. The third kappa shape index (κ3) is 3.68. The molecule has 1 fully saturated rings. The van der Waals surface area contributed by atoms with Gasteiger partial charge in [0.15, 0.2) is 0 Å². The normalized spacial score (nSPS) is 16.7. The van der Waals surface area contributed by atoms with Gasteiger partial charge in [0.2, 0.25) is 0 Å². The summed E-state index contributed by atoms with van der Waals surface area (Å²) in [6.07, 6.45) is 8.31. The van der Waals surface area contributed by atoms with Gasteiger partial charge in [-0.3, -0.25) is 9.58 Å². The Morgan fingerprint density at radius 2 is 2.10 bits per heavy atom. The molecule has 1 N–H and O–H groups in total. The predicted octanol–water partition coefficient (Wildman–Crippen LogP) is 0.568. The first-order valence-electron chi connectivity index (χ1n) is 7.48. The molecule has 3 heterocycles. The number of aromatic nitrogens is 5. The van der Waals surface area contributed by atoms with Crippen LogP contribution in [-0.4, -0.2) is 49.8 Å². The van der Waals surface area contributed by atoms with Crippen molar-refractivity contribution in [1.82, 2.24) is 35.0 Å². The third-order valence-electron chi connectivity index (χ3n) is 3.88. The van der Waals surface area contributed by atoms with Gasteiger partial charge in [0, 0.05) is 31.9 Å². The minimum Gasteiger partial charge on any atom is -0.317 e. The van der Waals surface area contributed by atoms with Crippen LogP contribution < -0.4 is 5.32 Å². The van der Waals surface area contributed by atoms with Crippen molar-refractivity contribution in [3.05, 3.63) is 29.8 Å². The van der Waals surface area contributed by atoms with Crippen LogP contribution in [-0.2, 0) is 20.1 Å². The van der Waals surface area contributed by atoms with E-state index >= 15 is 0 Å². The Bertz CT molecular complexity index is 567. The summed E-state index contributed by atoms with van der Waals surface area (Å²) in [5.41, 5.74) is 2.24. The van der Waals surface area contributed by atoms with Crippen LogP contribution in [0.1, 0.15) is 30.1 Å². The van der Waals surface area contributed by atoms with E-state index in [4.69, 9.17) is 0 Å². The summed E-state index contributed by atoms with van der Waals surface area (Å²) in [4.78, 5) is 2.23. The highest BCUT2D eigenvalue weighted by Crippen LogP contribution is 2.17. The zero-order chi connectivity index (χ0) is 14.7. The molecule has 2 aromatic rings. The SMILES string of the molecule is CN(Cc1cnn(C)c1)Cc1cn(C2CCNCC2)nn1. The molecule has 0 saturated carbocycles. The molecule has 0 spiro atoms. The molecule has 7 heteroatoms. The maximum absolute atomic E-state index is 4.31. The zero-order valence-electron chi connectivity index (χ0n) is 12.7. The van der Waals surface area contributed by atoms with Crippen molar-refractivity contribution in [3.8, 4) is 0 Å². The molecule has 3 rings (SSSR count). The summed E-state index contributed by atoms with van der Waals surface area (Å²) in [6.45, 7) is 3.81. The third-order valence-corrected chi connectivity index (χ3v) is 3.88. The molecule has 1 aliphatic heterocycles. The molecule has 7 nitrogen and oxygen atoms in total. The van der Waals surface area contributed by atoms with Crippen LogP contribution in [0.2, 0.25) is 0 Å². The first-order chi connectivity index (χ1) is 10.2. The molecule has 0 unspecified atom stereocenters. The Labute approximate surface area is 124 Å². The van der Waals surface area contributed by atoms with E-state index < -0.39 is 0 Å². The Kier molecular flexibility index (Phi) is 4.31. The van der Waals surface area contributed by atoms with E-state index in [0.717, 1.165) is 44.7 Å². The van der Waals surface area contributed by atoms with Crippen LogP contribution in [0, 0.1) is 0 Å². The second-order valence-electron chi connectivity index (χ2n) is 5.87. The van der Waals surface area contributed by atoms with Crippen LogP contribution in [0.25, 0.3) is 0 Å². The van der Waals surface area contributed by atoms with E-state index in [1.54, 1.807) is 0 Å². The summed E-state index contributed by atoms with van der Waals surface area (Å²) < 4.78 is 3.87. The summed E-state index contributed by atoms with van der Waals surface area (Å²) in [5, 5.41) is 16.2. The average Bonchev–Trinajstić information content (AvgIpc) is 3.09. The van der Waals surface area contributed by atoms with Gasteiger partial charge in [-0.15, -0.1) is 5.10 Å². The lowest BCUT2D eigenvalue weighted by Crippen LogP contribution is -2.29. The maximum atomic E-state index is 4.31. The molecule has 0 aliphatic carbocycles. The Hall–Kier alpha value is -1.73. The van der Waals surface area contributed by atoms with E-state index in [-0.39, 0.29) is 0 Å². The minimum atomic E-state index is 0.496. The van der Waals surface area contributed by atoms with Crippen molar-refractivity contribution in [2.24, 2.45) is 7.05 Å². The van der Waals surface area contributed by atoms with Crippen molar-refractivity contribution in [1.29, 1.82) is 0 Å². The monoisotopic (exact) mass is 289 g/mol. The second kappa shape index (κ2) is 6.36. The summed E-state index contributed by atoms with van der Waals surface area (Å²) in [6, 6.07) is 0.496. The second-order valence-corrected chi connectivity index (χ2v) is 5.87. The fourth-order valence-electron chi connectivity index (χ4n) is 2.83. The fraction of sp³-hybridized carbons (Fsp3) is 0.643. The summed E-state index contributed by atoms with van der Waals surface area (Å²) in [5.74, 6) is 0. The Balaban J connectivity index is 1.56. The van der Waals surface area contributed by atoms with Crippen molar-refractivity contribution in [2.45, 2.75) is 32.0 Å². The molecule has 114 valence electrons. The van der Waals surface area contributed by atoms with E-state index in [1.165, 1.54) is 5.56 Å². The van der Waals surface area contributed by atoms with Crippen molar-refractivity contribution in [3.63, 3.8) is 0 Å². The van der Waals surface area contributed by atoms with Gasteiger partial charge in [-0.05, 0) is 33.0 Å². The van der Waals surface area contributed by atoms with E-state index in [0.29, 0.717) is 6.04 Å². The number of nitrogens with one attached hydrogen (secondary N) is 1. The van der Waals surface area contributed by atoms with Crippen LogP contribution in [0.3, 0.4) is 0 Å². The molecule has 1 saturated heterocycles. The largest absolute Gasteiger partial charge is 0.317 e. The van der Waals surface area contributed by atoms with Gasteiger partial charge in [0.25, 0.3) is 0 Å². The number of rotatable bonds is 5. The lowest BCUT2D eigenvalue weighted by Gasteiger charge is -2.22. The number of hydrogen-bond acceptors (Lipinski definition) is 5. The molecule has 1 aliphatic rings. The van der Waals surface area contributed by atoms with Crippen molar-refractivity contribution in [2.75, 3.05) is 20.1 Å². The highest BCUT2D eigenvalue weighted by Gasteiger charge is 2.16. The molecule has 0 bridgehead atoms. The molecule has 0 atom stereocenters. The molecular formula is C14H23N7. The first kappa shape index (κ1) is 14.2. The van der Waals surface area contributed by atoms with E-state index in [1.807, 2.05) is 28.8 Å². The molecule has 0 amide bonds. The highest BCUT2D eigenvalue weighted by atomic mass is 15.4. The average molecular weight is 289 g/mol. The van der Waals surface area contributed by atoms with Crippen LogP contribution in [0.15, 0.2) is 18.6 Å². The van der Waals surface area contributed by atoms with Gasteiger partial charge in [-0.1, -0.05) is 5.21 Å². The summed E-state index contributed by atoms with van der Waals surface area (Å²) in [7, 11) is 4.03. The van der Waals surface area contributed by atoms with Crippen molar-refractivity contribution >= 4 is 0 Å².